The minimum absolute atomic E-state index is 0.286. The molecule has 0 radical (unpaired) electrons. The summed E-state index contributed by atoms with van der Waals surface area (Å²) < 4.78 is 28.3. The van der Waals surface area contributed by atoms with E-state index in [-0.39, 0.29) is 5.92 Å². The van der Waals surface area contributed by atoms with Crippen LogP contribution in [0.2, 0.25) is 0 Å². The number of halogens is 3. The highest BCUT2D eigenvalue weighted by Gasteiger charge is 2.27. The number of anilines is 1. The summed E-state index contributed by atoms with van der Waals surface area (Å²) in [5, 5.41) is 5.09. The highest BCUT2D eigenvalue weighted by Crippen LogP contribution is 2.17. The maximum atomic E-state index is 13.7. The van der Waals surface area contributed by atoms with Gasteiger partial charge in [0.15, 0.2) is 0 Å². The Balaban J connectivity index is 2.18. The molecule has 7 heteroatoms. The summed E-state index contributed by atoms with van der Waals surface area (Å²) >= 11 is 3.30. The molecule has 0 saturated heterocycles. The second-order valence-corrected chi connectivity index (χ2v) is 6.71. The fraction of sp³-hybridized carbons (Fsp3) is 0.222. The zero-order valence-electron chi connectivity index (χ0n) is 13.6. The summed E-state index contributed by atoms with van der Waals surface area (Å²) in [7, 11) is 0. The molecule has 0 heterocycles. The molecule has 0 aliphatic carbocycles. The zero-order valence-corrected chi connectivity index (χ0v) is 15.2. The molecule has 2 aromatic rings. The van der Waals surface area contributed by atoms with Crippen LogP contribution in [0.1, 0.15) is 24.2 Å². The van der Waals surface area contributed by atoms with Crippen LogP contribution in [0.3, 0.4) is 0 Å². The van der Waals surface area contributed by atoms with Crippen LogP contribution in [0.4, 0.5) is 14.5 Å². The Morgan fingerprint density at radius 2 is 1.64 bits per heavy atom. The molecule has 2 amide bonds. The van der Waals surface area contributed by atoms with E-state index in [1.807, 2.05) is 0 Å². The smallest absolute Gasteiger partial charge is 0.257 e. The van der Waals surface area contributed by atoms with Gasteiger partial charge in [-0.1, -0.05) is 41.9 Å². The standard InChI is InChI=1S/C18H17BrF2N2O2/c1-10(2)16(18(25)22-12-6-3-5-11(19)9-12)23-17(24)15-13(20)7-4-8-14(15)21/h3-10,16H,1-2H3,(H,22,25)(H,23,24)/t16-/m1/s1. The highest BCUT2D eigenvalue weighted by molar-refractivity contribution is 9.10. The van der Waals surface area contributed by atoms with Crippen LogP contribution in [0.15, 0.2) is 46.9 Å². The molecule has 2 rings (SSSR count). The monoisotopic (exact) mass is 410 g/mol. The Hall–Kier alpha value is -2.28. The average Bonchev–Trinajstić information content (AvgIpc) is 2.52. The summed E-state index contributed by atoms with van der Waals surface area (Å²) in [6.07, 6.45) is 0. The first-order valence-electron chi connectivity index (χ1n) is 7.61. The van der Waals surface area contributed by atoms with Crippen LogP contribution in [-0.4, -0.2) is 17.9 Å². The third kappa shape index (κ3) is 4.85. The van der Waals surface area contributed by atoms with Gasteiger partial charge in [0, 0.05) is 10.2 Å². The van der Waals surface area contributed by atoms with Crippen LogP contribution >= 0.6 is 15.9 Å². The maximum absolute atomic E-state index is 13.7. The molecule has 0 aromatic heterocycles. The largest absolute Gasteiger partial charge is 0.340 e. The number of carbonyl (C=O) groups is 2. The molecule has 0 bridgehead atoms. The van der Waals surface area contributed by atoms with Crippen LogP contribution in [0.25, 0.3) is 0 Å². The third-order valence-electron chi connectivity index (χ3n) is 3.52. The molecule has 1 atom stereocenters. The highest BCUT2D eigenvalue weighted by atomic mass is 79.9. The maximum Gasteiger partial charge on any atom is 0.257 e. The summed E-state index contributed by atoms with van der Waals surface area (Å²) in [5.74, 6) is -3.69. The van der Waals surface area contributed by atoms with Gasteiger partial charge in [0.25, 0.3) is 5.91 Å². The molecule has 2 aromatic carbocycles. The Kier molecular flexibility index (Phi) is 6.25. The summed E-state index contributed by atoms with van der Waals surface area (Å²) in [4.78, 5) is 24.7. The topological polar surface area (TPSA) is 58.2 Å². The zero-order chi connectivity index (χ0) is 18.6. The summed E-state index contributed by atoms with van der Waals surface area (Å²) in [5.41, 5.74) is -0.167. The van der Waals surface area contributed by atoms with Gasteiger partial charge in [-0.05, 0) is 36.2 Å². The molecule has 0 saturated carbocycles. The van der Waals surface area contributed by atoms with Gasteiger partial charge in [0.2, 0.25) is 5.91 Å². The number of carbonyl (C=O) groups excluding carboxylic acids is 2. The lowest BCUT2D eigenvalue weighted by molar-refractivity contribution is -0.118. The Labute approximate surface area is 152 Å². The SMILES string of the molecule is CC(C)[C@@H](NC(=O)c1c(F)cccc1F)C(=O)Nc1cccc(Br)c1. The van der Waals surface area contributed by atoms with Crippen molar-refractivity contribution in [3.05, 3.63) is 64.1 Å². The van der Waals surface area contributed by atoms with Crippen molar-refractivity contribution >= 4 is 33.4 Å². The number of amides is 2. The molecular weight excluding hydrogens is 394 g/mol. The van der Waals surface area contributed by atoms with Crippen molar-refractivity contribution in [3.63, 3.8) is 0 Å². The van der Waals surface area contributed by atoms with E-state index < -0.39 is 35.1 Å². The molecule has 25 heavy (non-hydrogen) atoms. The first-order valence-corrected chi connectivity index (χ1v) is 8.40. The van der Waals surface area contributed by atoms with Gasteiger partial charge < -0.3 is 10.6 Å². The molecule has 2 N–H and O–H groups in total. The van der Waals surface area contributed by atoms with Crippen molar-refractivity contribution in [1.82, 2.24) is 5.32 Å². The number of benzene rings is 2. The fourth-order valence-electron chi connectivity index (χ4n) is 2.25. The molecule has 0 unspecified atom stereocenters. The lowest BCUT2D eigenvalue weighted by Crippen LogP contribution is -2.47. The van der Waals surface area contributed by atoms with Crippen LogP contribution < -0.4 is 10.6 Å². The fourth-order valence-corrected chi connectivity index (χ4v) is 2.65. The first-order chi connectivity index (χ1) is 11.8. The number of hydrogen-bond donors (Lipinski definition) is 2. The van der Waals surface area contributed by atoms with Gasteiger partial charge in [-0.3, -0.25) is 9.59 Å². The van der Waals surface area contributed by atoms with E-state index >= 15 is 0 Å². The van der Waals surface area contributed by atoms with Crippen molar-refractivity contribution in [1.29, 1.82) is 0 Å². The molecule has 0 fully saturated rings. The van der Waals surface area contributed by atoms with Gasteiger partial charge in [-0.15, -0.1) is 0 Å². The average molecular weight is 411 g/mol. The quantitative estimate of drug-likeness (QED) is 0.778. The van der Waals surface area contributed by atoms with Gasteiger partial charge in [-0.2, -0.15) is 0 Å². The lowest BCUT2D eigenvalue weighted by atomic mass is 10.0. The minimum Gasteiger partial charge on any atom is -0.340 e. The number of rotatable bonds is 5. The number of hydrogen-bond acceptors (Lipinski definition) is 2. The van der Waals surface area contributed by atoms with E-state index in [4.69, 9.17) is 0 Å². The predicted molar refractivity (Wildman–Crippen MR) is 95.2 cm³/mol. The van der Waals surface area contributed by atoms with Crippen molar-refractivity contribution in [3.8, 4) is 0 Å². The van der Waals surface area contributed by atoms with Crippen molar-refractivity contribution in [2.24, 2.45) is 5.92 Å². The summed E-state index contributed by atoms with van der Waals surface area (Å²) in [6, 6.07) is 9.14. The van der Waals surface area contributed by atoms with E-state index in [0.29, 0.717) is 5.69 Å². The molecule has 0 aliphatic heterocycles. The van der Waals surface area contributed by atoms with E-state index in [1.54, 1.807) is 38.1 Å². The molecule has 0 aliphatic rings. The van der Waals surface area contributed by atoms with Crippen molar-refractivity contribution in [2.45, 2.75) is 19.9 Å². The van der Waals surface area contributed by atoms with Crippen molar-refractivity contribution in [2.75, 3.05) is 5.32 Å². The lowest BCUT2D eigenvalue weighted by Gasteiger charge is -2.22. The Bertz CT molecular complexity index is 776. The van der Waals surface area contributed by atoms with Crippen LogP contribution in [0.5, 0.6) is 0 Å². The van der Waals surface area contributed by atoms with E-state index in [0.717, 1.165) is 16.6 Å². The molecule has 132 valence electrons. The minimum atomic E-state index is -0.979. The van der Waals surface area contributed by atoms with Crippen molar-refractivity contribution < 1.29 is 18.4 Å². The number of nitrogens with one attached hydrogen (secondary N) is 2. The second-order valence-electron chi connectivity index (χ2n) is 5.79. The molecular formula is C18H17BrF2N2O2. The molecule has 0 spiro atoms. The first kappa shape index (κ1) is 19.1. The van der Waals surface area contributed by atoms with Gasteiger partial charge in [0.05, 0.1) is 0 Å². The Morgan fingerprint density at radius 3 is 2.20 bits per heavy atom. The normalized spacial score (nSPS) is 11.9. The van der Waals surface area contributed by atoms with E-state index in [2.05, 4.69) is 26.6 Å². The van der Waals surface area contributed by atoms with Crippen LogP contribution in [-0.2, 0) is 4.79 Å². The summed E-state index contributed by atoms with van der Waals surface area (Å²) in [6.45, 7) is 3.45. The van der Waals surface area contributed by atoms with Gasteiger partial charge in [-0.25, -0.2) is 8.78 Å². The van der Waals surface area contributed by atoms with Gasteiger partial charge in [0.1, 0.15) is 23.2 Å². The van der Waals surface area contributed by atoms with Gasteiger partial charge >= 0.3 is 0 Å². The van der Waals surface area contributed by atoms with Crippen LogP contribution in [0, 0.1) is 17.6 Å². The van der Waals surface area contributed by atoms with E-state index in [1.165, 1.54) is 6.07 Å². The predicted octanol–water partition coefficient (Wildman–Crippen LogP) is 4.12. The van der Waals surface area contributed by atoms with E-state index in [9.17, 15) is 18.4 Å². The second kappa shape index (κ2) is 8.20. The Morgan fingerprint density at radius 1 is 1.04 bits per heavy atom. The third-order valence-corrected chi connectivity index (χ3v) is 4.01. The molecule has 4 nitrogen and oxygen atoms in total.